The molecule has 1 atom stereocenters. The van der Waals surface area contributed by atoms with Crippen molar-refractivity contribution in [2.75, 3.05) is 24.5 Å². The summed E-state index contributed by atoms with van der Waals surface area (Å²) in [4.78, 5) is 58.1. The molecule has 3 aliphatic rings. The van der Waals surface area contributed by atoms with Crippen molar-refractivity contribution in [2.45, 2.75) is 69.1 Å². The number of rotatable bonds is 8. The van der Waals surface area contributed by atoms with Crippen LogP contribution in [-0.4, -0.2) is 70.8 Å². The third-order valence-electron chi connectivity index (χ3n) is 8.56. The first-order valence-electron chi connectivity index (χ1n) is 14.4. The van der Waals surface area contributed by atoms with Crippen molar-refractivity contribution in [1.29, 1.82) is 0 Å². The van der Waals surface area contributed by atoms with Crippen molar-refractivity contribution >= 4 is 40.9 Å². The van der Waals surface area contributed by atoms with Crippen LogP contribution in [0, 0.1) is 6.42 Å². The molecule has 10 heteroatoms. The van der Waals surface area contributed by atoms with E-state index in [1.165, 1.54) is 4.90 Å². The Morgan fingerprint density at radius 3 is 2.27 bits per heavy atom. The van der Waals surface area contributed by atoms with Gasteiger partial charge < -0.3 is 25.8 Å². The van der Waals surface area contributed by atoms with Gasteiger partial charge in [0.25, 0.3) is 11.8 Å². The van der Waals surface area contributed by atoms with Gasteiger partial charge in [0.1, 0.15) is 12.1 Å². The highest BCUT2D eigenvalue weighted by Crippen LogP contribution is 2.42. The molecule has 2 aromatic rings. The van der Waals surface area contributed by atoms with E-state index in [0.717, 1.165) is 37.7 Å². The molecule has 3 fully saturated rings. The number of amides is 4. The Bertz CT molecular complexity index is 1260. The summed E-state index contributed by atoms with van der Waals surface area (Å²) in [6.45, 7) is 0.419. The lowest BCUT2D eigenvalue weighted by atomic mass is 9.85. The van der Waals surface area contributed by atoms with Crippen LogP contribution in [0.25, 0.3) is 0 Å². The van der Waals surface area contributed by atoms with Crippen LogP contribution in [0.4, 0.5) is 5.69 Å². The van der Waals surface area contributed by atoms with Gasteiger partial charge in [0.2, 0.25) is 11.8 Å². The van der Waals surface area contributed by atoms with Crippen LogP contribution in [-0.2, 0) is 25.6 Å². The number of hydrogen-bond acceptors (Lipinski definition) is 5. The number of hydrogen-bond donors (Lipinski definition) is 2. The third-order valence-corrected chi connectivity index (χ3v) is 8.81. The molecule has 9 nitrogen and oxygen atoms in total. The summed E-state index contributed by atoms with van der Waals surface area (Å²) in [5, 5.41) is 3.70. The number of primary amides is 1. The fourth-order valence-corrected chi connectivity index (χ4v) is 6.58. The topological polar surface area (TPSA) is 116 Å². The number of para-hydroxylation sites is 1. The van der Waals surface area contributed by atoms with Gasteiger partial charge >= 0.3 is 0 Å². The van der Waals surface area contributed by atoms with Gasteiger partial charge in [0, 0.05) is 29.8 Å². The zero-order valence-electron chi connectivity index (χ0n) is 23.1. The maximum Gasteiger partial charge on any atom is 0.261 e. The Morgan fingerprint density at radius 2 is 1.63 bits per heavy atom. The molecule has 217 valence electrons. The van der Waals surface area contributed by atoms with Gasteiger partial charge in [-0.2, -0.15) is 0 Å². The molecule has 0 bridgehead atoms. The van der Waals surface area contributed by atoms with E-state index in [-0.39, 0.29) is 30.3 Å². The number of nitrogens with one attached hydrogen (secondary N) is 1. The minimum Gasteiger partial charge on any atom is -0.366 e. The second-order valence-electron chi connectivity index (χ2n) is 11.2. The Balaban J connectivity index is 1.33. The lowest BCUT2D eigenvalue weighted by molar-refractivity contribution is -0.141. The van der Waals surface area contributed by atoms with E-state index in [1.54, 1.807) is 28.4 Å². The normalized spacial score (nSPS) is 20.9. The molecule has 0 aromatic heterocycles. The van der Waals surface area contributed by atoms with Crippen molar-refractivity contribution in [3.8, 4) is 0 Å². The lowest BCUT2D eigenvalue weighted by Gasteiger charge is -2.44. The number of likely N-dealkylation sites (tertiary alicyclic amines) is 1. The molecule has 2 aromatic carbocycles. The average Bonchev–Trinajstić information content (AvgIpc) is 3.21. The summed E-state index contributed by atoms with van der Waals surface area (Å²) in [7, 11) is 0. The standard InChI is InChI=1S/C31H37ClN5O4/c32-23-14-11-22(12-15-23)13-16-27(39)35-19-17-31(18-20-35)30(41)36(21-26(38)34-24-7-3-1-4-8-24)29(28(33)40)37(31)25-9-5-2-6-10-25/h2,5-6,9-12,14-16,24,29H,1,3-4,7-8,13,17-21H2,(H2,33,40)(H,34,38)/t29-/m1/s1. The van der Waals surface area contributed by atoms with Crippen molar-refractivity contribution < 1.29 is 19.2 Å². The maximum atomic E-state index is 14.2. The number of nitrogens with two attached hydrogens (primary N) is 1. The fraction of sp³-hybridized carbons (Fsp3) is 0.452. The Hall–Kier alpha value is -3.59. The van der Waals surface area contributed by atoms with Crippen LogP contribution in [0.5, 0.6) is 0 Å². The number of halogens is 1. The molecule has 1 spiro atoms. The molecule has 0 unspecified atom stereocenters. The van der Waals surface area contributed by atoms with E-state index in [0.29, 0.717) is 43.1 Å². The number of carbonyl (C=O) groups excluding carboxylic acids is 4. The Morgan fingerprint density at radius 1 is 0.976 bits per heavy atom. The summed E-state index contributed by atoms with van der Waals surface area (Å²) >= 11 is 5.96. The maximum absolute atomic E-state index is 14.2. The number of benzene rings is 2. The molecule has 1 saturated carbocycles. The van der Waals surface area contributed by atoms with Crippen LogP contribution in [0.1, 0.15) is 50.5 Å². The highest BCUT2D eigenvalue weighted by Gasteiger charge is 2.60. The minimum absolute atomic E-state index is 0.0820. The molecule has 5 rings (SSSR count). The van der Waals surface area contributed by atoms with Gasteiger partial charge in [0.05, 0.1) is 6.42 Å². The average molecular weight is 579 g/mol. The van der Waals surface area contributed by atoms with Crippen LogP contribution < -0.4 is 16.0 Å². The summed E-state index contributed by atoms with van der Waals surface area (Å²) in [5.41, 5.74) is 6.48. The Kier molecular flexibility index (Phi) is 8.82. The molecule has 2 aliphatic heterocycles. The van der Waals surface area contributed by atoms with Gasteiger partial charge in [-0.05, 0) is 61.9 Å². The van der Waals surface area contributed by atoms with Gasteiger partial charge in [-0.3, -0.25) is 19.2 Å². The lowest BCUT2D eigenvalue weighted by Crippen LogP contribution is -2.59. The fourth-order valence-electron chi connectivity index (χ4n) is 6.45. The van der Waals surface area contributed by atoms with Gasteiger partial charge in [-0.1, -0.05) is 61.2 Å². The first-order chi connectivity index (χ1) is 19.8. The predicted molar refractivity (Wildman–Crippen MR) is 157 cm³/mol. The predicted octanol–water partition coefficient (Wildman–Crippen LogP) is 3.06. The van der Waals surface area contributed by atoms with Crippen LogP contribution in [0.3, 0.4) is 0 Å². The van der Waals surface area contributed by atoms with Crippen LogP contribution in [0.2, 0.25) is 5.02 Å². The molecule has 41 heavy (non-hydrogen) atoms. The van der Waals surface area contributed by atoms with E-state index in [4.69, 9.17) is 17.3 Å². The van der Waals surface area contributed by atoms with Crippen molar-refractivity contribution in [1.82, 2.24) is 15.1 Å². The molecular weight excluding hydrogens is 542 g/mol. The van der Waals surface area contributed by atoms with E-state index in [1.807, 2.05) is 42.5 Å². The smallest absolute Gasteiger partial charge is 0.261 e. The largest absolute Gasteiger partial charge is 0.366 e. The molecule has 3 N–H and O–H groups in total. The van der Waals surface area contributed by atoms with E-state index < -0.39 is 17.6 Å². The third kappa shape index (κ3) is 6.20. The summed E-state index contributed by atoms with van der Waals surface area (Å²) < 4.78 is 0. The van der Waals surface area contributed by atoms with Crippen LogP contribution >= 0.6 is 11.6 Å². The van der Waals surface area contributed by atoms with Crippen LogP contribution in [0.15, 0.2) is 54.6 Å². The second kappa shape index (κ2) is 12.5. The quantitative estimate of drug-likeness (QED) is 0.499. The van der Waals surface area contributed by atoms with E-state index >= 15 is 0 Å². The van der Waals surface area contributed by atoms with E-state index in [9.17, 15) is 19.2 Å². The highest BCUT2D eigenvalue weighted by atomic mass is 35.5. The minimum atomic E-state index is -1.11. The molecule has 1 aliphatic carbocycles. The van der Waals surface area contributed by atoms with Gasteiger partial charge in [0.15, 0.2) is 6.17 Å². The van der Waals surface area contributed by atoms with Crippen molar-refractivity contribution in [3.63, 3.8) is 0 Å². The summed E-state index contributed by atoms with van der Waals surface area (Å²) in [6, 6.07) is 16.7. The number of piperidine rings is 1. The Labute approximate surface area is 246 Å². The second-order valence-corrected chi connectivity index (χ2v) is 11.6. The van der Waals surface area contributed by atoms with E-state index in [2.05, 4.69) is 5.32 Å². The first kappa shape index (κ1) is 28.9. The summed E-state index contributed by atoms with van der Waals surface area (Å²) in [5.74, 6) is -1.40. The van der Waals surface area contributed by atoms with Gasteiger partial charge in [-0.15, -0.1) is 0 Å². The first-order valence-corrected chi connectivity index (χ1v) is 14.8. The zero-order valence-corrected chi connectivity index (χ0v) is 23.9. The molecule has 1 radical (unpaired) electrons. The molecule has 2 heterocycles. The number of nitrogens with zero attached hydrogens (tertiary/aromatic N) is 3. The molecule has 4 amide bonds. The molecule has 2 saturated heterocycles. The van der Waals surface area contributed by atoms with Crippen molar-refractivity contribution in [3.05, 3.63) is 71.6 Å². The van der Waals surface area contributed by atoms with Crippen molar-refractivity contribution in [2.24, 2.45) is 5.73 Å². The zero-order chi connectivity index (χ0) is 29.0. The number of carbonyl (C=O) groups is 4. The highest BCUT2D eigenvalue weighted by molar-refractivity contribution is 6.30. The SMILES string of the molecule is NC(=O)[C@@H]1N(CC(=O)NC2CCCCC2)C(=O)C2(CCN(C(=O)[CH]Cc3ccc(Cl)cc3)CC2)N1c1ccccc1. The molecular formula is C31H37ClN5O4. The number of anilines is 1. The van der Waals surface area contributed by atoms with Gasteiger partial charge in [-0.25, -0.2) is 0 Å². The monoisotopic (exact) mass is 578 g/mol. The summed E-state index contributed by atoms with van der Waals surface area (Å²) in [6.07, 6.45) is 6.74.